The topological polar surface area (TPSA) is 106 Å². The molecule has 1 amide bonds. The van der Waals surface area contributed by atoms with Gasteiger partial charge in [0, 0.05) is 26.3 Å². The fourth-order valence-corrected chi connectivity index (χ4v) is 1.40. The van der Waals surface area contributed by atoms with Gasteiger partial charge in [-0.25, -0.2) is 4.98 Å². The van der Waals surface area contributed by atoms with Crippen molar-refractivity contribution >= 4 is 17.4 Å². The fraction of sp³-hybridized carbons (Fsp3) is 0.455. The Morgan fingerprint density at radius 2 is 2.32 bits per heavy atom. The van der Waals surface area contributed by atoms with Gasteiger partial charge in [0.15, 0.2) is 0 Å². The van der Waals surface area contributed by atoms with Crippen LogP contribution in [-0.4, -0.2) is 42.6 Å². The molecule has 0 bridgehead atoms. The van der Waals surface area contributed by atoms with Crippen LogP contribution in [0.3, 0.4) is 0 Å². The number of nitrogens with zero attached hydrogens (tertiary/aromatic N) is 2. The molecule has 1 aromatic rings. The van der Waals surface area contributed by atoms with E-state index in [2.05, 4.69) is 15.6 Å². The van der Waals surface area contributed by atoms with Crippen LogP contribution in [0, 0.1) is 10.1 Å². The maximum Gasteiger partial charge on any atom is 0.288 e. The molecule has 8 heteroatoms. The lowest BCUT2D eigenvalue weighted by atomic mass is 10.2. The molecular formula is C11H16N4O4. The average molecular weight is 268 g/mol. The second kappa shape index (κ2) is 7.27. The van der Waals surface area contributed by atoms with Crippen molar-refractivity contribution in [3.8, 4) is 0 Å². The summed E-state index contributed by atoms with van der Waals surface area (Å²) in [5.74, 6) is -0.104. The molecule has 0 unspecified atom stereocenters. The highest BCUT2D eigenvalue weighted by Gasteiger charge is 2.17. The van der Waals surface area contributed by atoms with Gasteiger partial charge < -0.3 is 15.4 Å². The molecule has 2 N–H and O–H groups in total. The molecule has 1 heterocycles. The Hall–Kier alpha value is -2.22. The molecule has 0 saturated heterocycles. The minimum atomic E-state index is -0.589. The van der Waals surface area contributed by atoms with Crippen LogP contribution in [0.4, 0.5) is 11.5 Å². The first-order chi connectivity index (χ1) is 9.10. The molecule has 0 fully saturated rings. The van der Waals surface area contributed by atoms with Gasteiger partial charge in [-0.2, -0.15) is 0 Å². The summed E-state index contributed by atoms with van der Waals surface area (Å²) in [6, 6.07) is 1.20. The largest absolute Gasteiger partial charge is 0.383 e. The molecule has 1 rings (SSSR count). The lowest BCUT2D eigenvalue weighted by Crippen LogP contribution is -2.28. The zero-order valence-electron chi connectivity index (χ0n) is 10.8. The van der Waals surface area contributed by atoms with E-state index in [9.17, 15) is 14.9 Å². The number of methoxy groups -OCH3 is 1. The molecule has 0 aliphatic carbocycles. The van der Waals surface area contributed by atoms with Gasteiger partial charge in [-0.3, -0.25) is 14.9 Å². The number of ether oxygens (including phenoxy) is 1. The number of anilines is 1. The summed E-state index contributed by atoms with van der Waals surface area (Å²) in [5.41, 5.74) is -0.0781. The van der Waals surface area contributed by atoms with Crippen molar-refractivity contribution in [1.29, 1.82) is 0 Å². The Morgan fingerprint density at radius 1 is 1.58 bits per heavy atom. The molecule has 19 heavy (non-hydrogen) atoms. The molecule has 0 radical (unpaired) electrons. The fourth-order valence-electron chi connectivity index (χ4n) is 1.40. The molecule has 8 nitrogen and oxygen atoms in total. The Bertz CT molecular complexity index is 464. The van der Waals surface area contributed by atoms with Gasteiger partial charge in [-0.15, -0.1) is 0 Å². The summed E-state index contributed by atoms with van der Waals surface area (Å²) in [4.78, 5) is 25.9. The molecule has 104 valence electrons. The highest BCUT2D eigenvalue weighted by Crippen LogP contribution is 2.18. The quantitative estimate of drug-likeness (QED) is 0.430. The Balaban J connectivity index is 2.95. The maximum atomic E-state index is 11.9. The number of carbonyl (C=O) groups excluding carboxylic acids is 1. The standard InChI is InChI=1S/C11H16N4O4/c1-3-12-10-9(11(16)13-4-5-19-2)6-8(7-14-10)15(17)18/h6-7H,3-5H2,1-2H3,(H,12,14)(H,13,16). The number of carbonyl (C=O) groups is 1. The van der Waals surface area contributed by atoms with Crippen LogP contribution in [0.1, 0.15) is 17.3 Å². The number of nitrogens with one attached hydrogen (secondary N) is 2. The van der Waals surface area contributed by atoms with Crippen molar-refractivity contribution in [2.24, 2.45) is 0 Å². The third-order valence-electron chi connectivity index (χ3n) is 2.26. The number of hydrogen-bond acceptors (Lipinski definition) is 6. The Labute approximate surface area is 110 Å². The number of aromatic nitrogens is 1. The van der Waals surface area contributed by atoms with Crippen LogP contribution in [-0.2, 0) is 4.74 Å². The molecule has 0 saturated carbocycles. The summed E-state index contributed by atoms with van der Waals surface area (Å²) in [6.07, 6.45) is 1.12. The van der Waals surface area contributed by atoms with E-state index in [0.29, 0.717) is 25.5 Å². The van der Waals surface area contributed by atoms with E-state index >= 15 is 0 Å². The monoisotopic (exact) mass is 268 g/mol. The van der Waals surface area contributed by atoms with Crippen LogP contribution in [0.15, 0.2) is 12.3 Å². The van der Waals surface area contributed by atoms with Crippen molar-refractivity contribution in [3.63, 3.8) is 0 Å². The summed E-state index contributed by atoms with van der Waals surface area (Å²) >= 11 is 0. The van der Waals surface area contributed by atoms with E-state index in [1.807, 2.05) is 6.92 Å². The maximum absolute atomic E-state index is 11.9. The highest BCUT2D eigenvalue weighted by molar-refractivity contribution is 5.99. The van der Waals surface area contributed by atoms with Crippen molar-refractivity contribution in [3.05, 3.63) is 27.9 Å². The smallest absolute Gasteiger partial charge is 0.288 e. The van der Waals surface area contributed by atoms with E-state index in [1.165, 1.54) is 13.2 Å². The number of hydrogen-bond donors (Lipinski definition) is 2. The van der Waals surface area contributed by atoms with E-state index in [4.69, 9.17) is 4.74 Å². The normalized spacial score (nSPS) is 10.0. The number of amides is 1. The summed E-state index contributed by atoms with van der Waals surface area (Å²) in [7, 11) is 1.52. The Morgan fingerprint density at radius 3 is 2.89 bits per heavy atom. The first-order valence-corrected chi connectivity index (χ1v) is 5.75. The zero-order valence-corrected chi connectivity index (χ0v) is 10.8. The average Bonchev–Trinajstić information content (AvgIpc) is 2.39. The van der Waals surface area contributed by atoms with Crippen LogP contribution < -0.4 is 10.6 Å². The Kier molecular flexibility index (Phi) is 5.68. The lowest BCUT2D eigenvalue weighted by Gasteiger charge is -2.09. The van der Waals surface area contributed by atoms with Crippen molar-refractivity contribution in [2.75, 3.05) is 32.1 Å². The van der Waals surface area contributed by atoms with Gasteiger partial charge in [-0.1, -0.05) is 0 Å². The predicted molar refractivity (Wildman–Crippen MR) is 69.3 cm³/mol. The van der Waals surface area contributed by atoms with Gasteiger partial charge in [0.05, 0.1) is 17.1 Å². The molecule has 0 aliphatic heterocycles. The van der Waals surface area contributed by atoms with Gasteiger partial charge in [0.2, 0.25) is 0 Å². The summed E-state index contributed by atoms with van der Waals surface area (Å²) < 4.78 is 4.81. The third-order valence-corrected chi connectivity index (χ3v) is 2.26. The predicted octanol–water partition coefficient (Wildman–Crippen LogP) is 0.798. The van der Waals surface area contributed by atoms with Crippen molar-refractivity contribution in [1.82, 2.24) is 10.3 Å². The van der Waals surface area contributed by atoms with E-state index in [0.717, 1.165) is 6.20 Å². The van der Waals surface area contributed by atoms with Gasteiger partial charge >= 0.3 is 0 Å². The molecule has 0 atom stereocenters. The lowest BCUT2D eigenvalue weighted by molar-refractivity contribution is -0.385. The van der Waals surface area contributed by atoms with Crippen LogP contribution in [0.5, 0.6) is 0 Å². The van der Waals surface area contributed by atoms with Crippen LogP contribution in [0.25, 0.3) is 0 Å². The van der Waals surface area contributed by atoms with Gasteiger partial charge in [-0.05, 0) is 6.92 Å². The van der Waals surface area contributed by atoms with Gasteiger partial charge in [0.25, 0.3) is 11.6 Å². The zero-order chi connectivity index (χ0) is 14.3. The first kappa shape index (κ1) is 14.8. The van der Waals surface area contributed by atoms with Crippen molar-refractivity contribution in [2.45, 2.75) is 6.92 Å². The van der Waals surface area contributed by atoms with E-state index in [1.54, 1.807) is 0 Å². The highest BCUT2D eigenvalue weighted by atomic mass is 16.6. The molecule has 0 aliphatic rings. The minimum Gasteiger partial charge on any atom is -0.383 e. The first-order valence-electron chi connectivity index (χ1n) is 5.75. The molecule has 1 aromatic heterocycles. The van der Waals surface area contributed by atoms with Gasteiger partial charge in [0.1, 0.15) is 12.0 Å². The summed E-state index contributed by atoms with van der Waals surface area (Å²) in [5, 5.41) is 16.2. The minimum absolute atomic E-state index is 0.146. The SMILES string of the molecule is CCNc1ncc([N+](=O)[O-])cc1C(=O)NCCOC. The van der Waals surface area contributed by atoms with Crippen molar-refractivity contribution < 1.29 is 14.5 Å². The summed E-state index contributed by atoms with van der Waals surface area (Å²) in [6.45, 7) is 3.09. The molecule has 0 spiro atoms. The number of nitro groups is 1. The van der Waals surface area contributed by atoms with Crippen LogP contribution >= 0.6 is 0 Å². The second-order valence-corrected chi connectivity index (χ2v) is 3.63. The number of rotatable bonds is 7. The van der Waals surface area contributed by atoms with E-state index in [-0.39, 0.29) is 11.3 Å². The molecule has 0 aromatic carbocycles. The molecular weight excluding hydrogens is 252 g/mol. The second-order valence-electron chi connectivity index (χ2n) is 3.63. The van der Waals surface area contributed by atoms with Crippen LogP contribution in [0.2, 0.25) is 0 Å². The van der Waals surface area contributed by atoms with E-state index < -0.39 is 10.8 Å². The third kappa shape index (κ3) is 4.18. The number of pyridine rings is 1.